The maximum atomic E-state index is 5.85. The first-order valence-electron chi connectivity index (χ1n) is 8.03. The molecule has 0 fully saturated rings. The highest BCUT2D eigenvalue weighted by Gasteiger charge is 2.06. The molecule has 0 unspecified atom stereocenters. The number of hydrogen-bond acceptors (Lipinski definition) is 2. The molecule has 110 valence electrons. The van der Waals surface area contributed by atoms with Gasteiger partial charge in [0, 0.05) is 23.0 Å². The van der Waals surface area contributed by atoms with E-state index in [0.717, 1.165) is 17.7 Å². The minimum Gasteiger partial charge on any atom is -0.456 e. The van der Waals surface area contributed by atoms with E-state index in [0.29, 0.717) is 0 Å². The average molecular weight is 281 g/mol. The van der Waals surface area contributed by atoms with Gasteiger partial charge in [-0.2, -0.15) is 0 Å². The normalized spacial score (nSPS) is 11.3. The Morgan fingerprint density at radius 3 is 2.57 bits per heavy atom. The lowest BCUT2D eigenvalue weighted by Crippen LogP contribution is -2.00. The van der Waals surface area contributed by atoms with Gasteiger partial charge in [-0.05, 0) is 30.7 Å². The minimum atomic E-state index is 0.962. The third-order valence-electron chi connectivity index (χ3n) is 3.99. The number of nitrogens with one attached hydrogen (secondary N) is 1. The van der Waals surface area contributed by atoms with Crippen LogP contribution in [0.4, 0.5) is 5.69 Å². The number of fused-ring (bicyclic) bond motifs is 3. The summed E-state index contributed by atoms with van der Waals surface area (Å²) in [7, 11) is 0. The standard InChI is InChI=1S/C19H23NO/c1-2-3-4-5-8-13-20-15-11-12-19-17(14-15)16-9-6-7-10-18(16)21-19/h6-7,9-12,14,20H,2-5,8,13H2,1H3. The maximum absolute atomic E-state index is 5.85. The Bertz CT molecular complexity index is 714. The molecule has 2 nitrogen and oxygen atoms in total. The molecule has 0 saturated carbocycles. The molecular formula is C19H23NO. The van der Waals surface area contributed by atoms with Crippen molar-refractivity contribution in [1.29, 1.82) is 0 Å². The van der Waals surface area contributed by atoms with Gasteiger partial charge in [-0.1, -0.05) is 50.8 Å². The van der Waals surface area contributed by atoms with E-state index in [1.165, 1.54) is 48.6 Å². The van der Waals surface area contributed by atoms with Crippen molar-refractivity contribution in [3.8, 4) is 0 Å². The Morgan fingerprint density at radius 2 is 1.67 bits per heavy atom. The van der Waals surface area contributed by atoms with E-state index in [1.807, 2.05) is 12.1 Å². The Labute approximate surface area is 126 Å². The SMILES string of the molecule is CCCCCCCNc1ccc2oc3ccccc3c2c1. The quantitative estimate of drug-likeness (QED) is 0.540. The number of benzene rings is 2. The third-order valence-corrected chi connectivity index (χ3v) is 3.99. The second kappa shape index (κ2) is 6.66. The topological polar surface area (TPSA) is 25.2 Å². The third kappa shape index (κ3) is 3.21. The van der Waals surface area contributed by atoms with Crippen LogP contribution < -0.4 is 5.32 Å². The van der Waals surface area contributed by atoms with Gasteiger partial charge in [0.05, 0.1) is 0 Å². The van der Waals surface area contributed by atoms with Crippen LogP contribution in [0.1, 0.15) is 39.0 Å². The van der Waals surface area contributed by atoms with Crippen molar-refractivity contribution < 1.29 is 4.42 Å². The fraction of sp³-hybridized carbons (Fsp3) is 0.368. The molecule has 3 rings (SSSR count). The average Bonchev–Trinajstić information content (AvgIpc) is 2.89. The number of anilines is 1. The second-order valence-electron chi connectivity index (χ2n) is 5.65. The van der Waals surface area contributed by atoms with Crippen LogP contribution in [0.2, 0.25) is 0 Å². The van der Waals surface area contributed by atoms with Crippen molar-refractivity contribution in [2.45, 2.75) is 39.0 Å². The van der Waals surface area contributed by atoms with Gasteiger partial charge in [-0.15, -0.1) is 0 Å². The summed E-state index contributed by atoms with van der Waals surface area (Å²) in [6.45, 7) is 3.30. The van der Waals surface area contributed by atoms with Crippen molar-refractivity contribution in [2.75, 3.05) is 11.9 Å². The van der Waals surface area contributed by atoms with Crippen LogP contribution in [0.3, 0.4) is 0 Å². The van der Waals surface area contributed by atoms with Crippen molar-refractivity contribution in [3.05, 3.63) is 42.5 Å². The summed E-state index contributed by atoms with van der Waals surface area (Å²) in [6.07, 6.45) is 6.57. The van der Waals surface area contributed by atoms with Gasteiger partial charge in [-0.3, -0.25) is 0 Å². The van der Waals surface area contributed by atoms with Gasteiger partial charge in [0.25, 0.3) is 0 Å². The fourth-order valence-electron chi connectivity index (χ4n) is 2.80. The molecule has 0 bridgehead atoms. The maximum Gasteiger partial charge on any atom is 0.135 e. The van der Waals surface area contributed by atoms with E-state index < -0.39 is 0 Å². The molecule has 1 N–H and O–H groups in total. The summed E-state index contributed by atoms with van der Waals surface area (Å²) in [6, 6.07) is 14.6. The molecule has 2 heteroatoms. The molecule has 21 heavy (non-hydrogen) atoms. The summed E-state index contributed by atoms with van der Waals surface area (Å²) in [4.78, 5) is 0. The predicted molar refractivity (Wildman–Crippen MR) is 91.0 cm³/mol. The Hall–Kier alpha value is -1.96. The first-order chi connectivity index (χ1) is 10.4. The number of rotatable bonds is 7. The van der Waals surface area contributed by atoms with Crippen LogP contribution in [-0.4, -0.2) is 6.54 Å². The predicted octanol–water partition coefficient (Wildman–Crippen LogP) is 5.97. The zero-order chi connectivity index (χ0) is 14.5. The number of unbranched alkanes of at least 4 members (excludes halogenated alkanes) is 4. The lowest BCUT2D eigenvalue weighted by Gasteiger charge is -2.06. The smallest absolute Gasteiger partial charge is 0.135 e. The molecule has 1 heterocycles. The molecule has 0 radical (unpaired) electrons. The van der Waals surface area contributed by atoms with Gasteiger partial charge < -0.3 is 9.73 Å². The van der Waals surface area contributed by atoms with Crippen molar-refractivity contribution in [2.24, 2.45) is 0 Å². The van der Waals surface area contributed by atoms with Crippen LogP contribution in [0.25, 0.3) is 21.9 Å². The number of furan rings is 1. The van der Waals surface area contributed by atoms with Crippen LogP contribution in [0.5, 0.6) is 0 Å². The summed E-state index contributed by atoms with van der Waals surface area (Å²) in [5.41, 5.74) is 3.11. The molecule has 0 aliphatic rings. The second-order valence-corrected chi connectivity index (χ2v) is 5.65. The lowest BCUT2D eigenvalue weighted by atomic mass is 10.1. The highest BCUT2D eigenvalue weighted by Crippen LogP contribution is 2.30. The Balaban J connectivity index is 1.68. The number of para-hydroxylation sites is 1. The summed E-state index contributed by atoms with van der Waals surface area (Å²) < 4.78 is 5.85. The molecular weight excluding hydrogens is 258 g/mol. The van der Waals surface area contributed by atoms with E-state index in [4.69, 9.17) is 4.42 Å². The zero-order valence-electron chi connectivity index (χ0n) is 12.7. The highest BCUT2D eigenvalue weighted by molar-refractivity contribution is 6.05. The lowest BCUT2D eigenvalue weighted by molar-refractivity contribution is 0.645. The highest BCUT2D eigenvalue weighted by atomic mass is 16.3. The van der Waals surface area contributed by atoms with E-state index in [1.54, 1.807) is 0 Å². The van der Waals surface area contributed by atoms with Crippen LogP contribution in [-0.2, 0) is 0 Å². The van der Waals surface area contributed by atoms with Crippen molar-refractivity contribution in [3.63, 3.8) is 0 Å². The molecule has 1 aromatic heterocycles. The monoisotopic (exact) mass is 281 g/mol. The van der Waals surface area contributed by atoms with Gasteiger partial charge in [0.1, 0.15) is 11.2 Å². The first kappa shape index (κ1) is 14.0. The summed E-state index contributed by atoms with van der Waals surface area (Å²) >= 11 is 0. The Morgan fingerprint density at radius 1 is 0.857 bits per heavy atom. The van der Waals surface area contributed by atoms with E-state index in [2.05, 4.69) is 42.6 Å². The van der Waals surface area contributed by atoms with Crippen LogP contribution in [0.15, 0.2) is 46.9 Å². The molecule has 0 saturated heterocycles. The van der Waals surface area contributed by atoms with Gasteiger partial charge >= 0.3 is 0 Å². The molecule has 2 aromatic carbocycles. The molecule has 3 aromatic rings. The van der Waals surface area contributed by atoms with E-state index in [-0.39, 0.29) is 0 Å². The first-order valence-corrected chi connectivity index (χ1v) is 8.03. The van der Waals surface area contributed by atoms with E-state index in [9.17, 15) is 0 Å². The van der Waals surface area contributed by atoms with Crippen molar-refractivity contribution >= 4 is 27.6 Å². The molecule has 0 aliphatic carbocycles. The molecule has 0 atom stereocenters. The van der Waals surface area contributed by atoms with Gasteiger partial charge in [-0.25, -0.2) is 0 Å². The van der Waals surface area contributed by atoms with Crippen molar-refractivity contribution in [1.82, 2.24) is 0 Å². The molecule has 0 spiro atoms. The molecule has 0 aliphatic heterocycles. The Kier molecular flexibility index (Phi) is 4.44. The van der Waals surface area contributed by atoms with E-state index >= 15 is 0 Å². The van der Waals surface area contributed by atoms with Gasteiger partial charge in [0.15, 0.2) is 0 Å². The van der Waals surface area contributed by atoms with Crippen LogP contribution in [0, 0.1) is 0 Å². The number of hydrogen-bond donors (Lipinski definition) is 1. The minimum absolute atomic E-state index is 0.962. The largest absolute Gasteiger partial charge is 0.456 e. The summed E-state index contributed by atoms with van der Waals surface area (Å²) in [5, 5.41) is 5.92. The summed E-state index contributed by atoms with van der Waals surface area (Å²) in [5.74, 6) is 0. The zero-order valence-corrected chi connectivity index (χ0v) is 12.7. The van der Waals surface area contributed by atoms with Crippen LogP contribution >= 0.6 is 0 Å². The fourth-order valence-corrected chi connectivity index (χ4v) is 2.80. The van der Waals surface area contributed by atoms with Gasteiger partial charge in [0.2, 0.25) is 0 Å². The molecule has 0 amide bonds.